The maximum atomic E-state index is 13.5. The Balaban J connectivity index is 1.46. The molecule has 46 heavy (non-hydrogen) atoms. The van der Waals surface area contributed by atoms with Crippen molar-refractivity contribution in [3.05, 3.63) is 144 Å². The van der Waals surface area contributed by atoms with E-state index in [0.29, 0.717) is 0 Å². The number of esters is 1. The first-order valence-corrected chi connectivity index (χ1v) is 14.9. The minimum absolute atomic E-state index is 0.0132. The van der Waals surface area contributed by atoms with Crippen molar-refractivity contribution in [1.29, 1.82) is 0 Å². The largest absolute Gasteiger partial charge is 0.491 e. The van der Waals surface area contributed by atoms with Crippen molar-refractivity contribution < 1.29 is 46.4 Å². The minimum atomic E-state index is -5.26. The van der Waals surface area contributed by atoms with E-state index in [1.165, 1.54) is 0 Å². The van der Waals surface area contributed by atoms with Gasteiger partial charge in [-0.1, -0.05) is 121 Å². The van der Waals surface area contributed by atoms with Crippen molar-refractivity contribution in [2.45, 2.75) is 63.3 Å². The Morgan fingerprint density at radius 1 is 0.565 bits per heavy atom. The van der Waals surface area contributed by atoms with E-state index in [1.54, 1.807) is 0 Å². The molecule has 0 N–H and O–H groups in total. The van der Waals surface area contributed by atoms with Gasteiger partial charge in [0.15, 0.2) is 0 Å². The van der Waals surface area contributed by atoms with Gasteiger partial charge in [0.1, 0.15) is 24.4 Å². The van der Waals surface area contributed by atoms with Crippen LogP contribution < -0.4 is 0 Å². The minimum Gasteiger partial charge on any atom is -0.426 e. The lowest BCUT2D eigenvalue weighted by molar-refractivity contribution is -0.327. The number of alkyl halides is 3. The topological polar surface area (TPSA) is 72.5 Å². The van der Waals surface area contributed by atoms with Crippen LogP contribution in [0.15, 0.2) is 121 Å². The van der Waals surface area contributed by atoms with Gasteiger partial charge in [0, 0.05) is 0 Å². The lowest BCUT2D eigenvalue weighted by Crippen LogP contribution is -2.62. The zero-order valence-corrected chi connectivity index (χ0v) is 25.0. The van der Waals surface area contributed by atoms with Crippen LogP contribution in [0.1, 0.15) is 22.3 Å². The summed E-state index contributed by atoms with van der Waals surface area (Å²) in [6.45, 7) is 0.335. The van der Waals surface area contributed by atoms with E-state index in [4.69, 9.17) is 28.4 Å². The van der Waals surface area contributed by atoms with Crippen LogP contribution >= 0.6 is 0 Å². The Labute approximate surface area is 265 Å². The van der Waals surface area contributed by atoms with Crippen LogP contribution in [0.4, 0.5) is 13.2 Å². The summed E-state index contributed by atoms with van der Waals surface area (Å²) >= 11 is 0. The van der Waals surface area contributed by atoms with Crippen LogP contribution in [-0.4, -0.2) is 49.5 Å². The number of hydrogen-bond donors (Lipinski definition) is 0. The molecule has 242 valence electrons. The summed E-state index contributed by atoms with van der Waals surface area (Å²) in [5.41, 5.74) is 3.32. The molecule has 0 aliphatic carbocycles. The van der Waals surface area contributed by atoms with Gasteiger partial charge in [-0.05, 0) is 22.3 Å². The molecule has 1 fully saturated rings. The number of rotatable bonds is 14. The molecule has 1 saturated heterocycles. The zero-order chi connectivity index (χ0) is 32.2. The zero-order valence-electron chi connectivity index (χ0n) is 25.0. The number of benzene rings is 4. The fourth-order valence-corrected chi connectivity index (χ4v) is 5.01. The monoisotopic (exact) mass is 636 g/mol. The molecule has 0 saturated carbocycles. The van der Waals surface area contributed by atoms with Crippen LogP contribution in [0.3, 0.4) is 0 Å². The lowest BCUT2D eigenvalue weighted by atomic mass is 9.97. The van der Waals surface area contributed by atoms with E-state index in [2.05, 4.69) is 0 Å². The highest BCUT2D eigenvalue weighted by atomic mass is 19.4. The molecule has 7 nitrogen and oxygen atoms in total. The Bertz CT molecular complexity index is 1460. The first-order chi connectivity index (χ1) is 22.4. The standard InChI is InChI=1S/C36H35F3O7/c37-36(38,39)35(40)46-34-33(44-24-29-19-11-4-12-20-29)32(43-23-28-17-9-3-10-18-28)31(42-22-27-15-7-2-8-16-27)30(45-34)25-41-21-26-13-5-1-6-14-26/h1-20,30-34H,21-25H2. The van der Waals surface area contributed by atoms with Gasteiger partial charge in [0.05, 0.1) is 33.0 Å². The summed E-state index contributed by atoms with van der Waals surface area (Å²) < 4.78 is 76.4. The van der Waals surface area contributed by atoms with Crippen molar-refractivity contribution in [3.8, 4) is 0 Å². The first kappa shape index (κ1) is 33.3. The Hall–Kier alpha value is -4.06. The fourth-order valence-electron chi connectivity index (χ4n) is 5.01. The molecule has 0 aromatic heterocycles. The van der Waals surface area contributed by atoms with Crippen LogP contribution in [0.5, 0.6) is 0 Å². The summed E-state index contributed by atoms with van der Waals surface area (Å²) in [6, 6.07) is 37.2. The van der Waals surface area contributed by atoms with Gasteiger partial charge in [-0.2, -0.15) is 13.2 Å². The van der Waals surface area contributed by atoms with Crippen molar-refractivity contribution in [2.75, 3.05) is 6.61 Å². The average Bonchev–Trinajstić information content (AvgIpc) is 3.07. The second-order valence-electron chi connectivity index (χ2n) is 10.7. The normalized spacial score (nSPS) is 21.5. The molecule has 5 unspecified atom stereocenters. The molecule has 0 radical (unpaired) electrons. The van der Waals surface area contributed by atoms with Crippen LogP contribution in [0.25, 0.3) is 0 Å². The molecule has 0 bridgehead atoms. The van der Waals surface area contributed by atoms with E-state index in [0.717, 1.165) is 22.3 Å². The number of ether oxygens (including phenoxy) is 6. The van der Waals surface area contributed by atoms with Gasteiger partial charge in [-0.3, -0.25) is 0 Å². The van der Waals surface area contributed by atoms with E-state index in [9.17, 15) is 18.0 Å². The third-order valence-corrected chi connectivity index (χ3v) is 7.30. The smallest absolute Gasteiger partial charge is 0.426 e. The van der Waals surface area contributed by atoms with Crippen molar-refractivity contribution in [3.63, 3.8) is 0 Å². The molecule has 5 atom stereocenters. The van der Waals surface area contributed by atoms with Crippen LogP contribution in [0, 0.1) is 0 Å². The quantitative estimate of drug-likeness (QED) is 0.141. The third kappa shape index (κ3) is 9.72. The van der Waals surface area contributed by atoms with Crippen molar-refractivity contribution in [2.24, 2.45) is 0 Å². The molecule has 0 spiro atoms. The molecule has 0 amide bonds. The van der Waals surface area contributed by atoms with Gasteiger partial charge in [-0.15, -0.1) is 0 Å². The number of carbonyl (C=O) groups excluding carboxylic acids is 1. The summed E-state index contributed by atoms with van der Waals surface area (Å²) in [5, 5.41) is 0. The second-order valence-corrected chi connectivity index (χ2v) is 10.7. The summed E-state index contributed by atoms with van der Waals surface area (Å²) in [4.78, 5) is 12.2. The van der Waals surface area contributed by atoms with E-state index in [-0.39, 0.29) is 33.0 Å². The first-order valence-electron chi connectivity index (χ1n) is 14.9. The van der Waals surface area contributed by atoms with Crippen LogP contribution in [0.2, 0.25) is 0 Å². The highest BCUT2D eigenvalue weighted by Gasteiger charge is 2.52. The average molecular weight is 637 g/mol. The third-order valence-electron chi connectivity index (χ3n) is 7.30. The van der Waals surface area contributed by atoms with E-state index < -0.39 is 42.9 Å². The predicted octanol–water partition coefficient (Wildman–Crippen LogP) is 6.79. The molecular formula is C36H35F3O7. The van der Waals surface area contributed by atoms with E-state index >= 15 is 0 Å². The van der Waals surface area contributed by atoms with E-state index in [1.807, 2.05) is 121 Å². The Kier molecular flexibility index (Phi) is 11.9. The highest BCUT2D eigenvalue weighted by molar-refractivity contribution is 5.75. The van der Waals surface area contributed by atoms with Gasteiger partial charge in [0.25, 0.3) is 0 Å². The second kappa shape index (κ2) is 16.5. The molecular weight excluding hydrogens is 601 g/mol. The SMILES string of the molecule is O=C(OC1OC(COCc2ccccc2)C(OCc2ccccc2)C(OCc2ccccc2)C1OCc1ccccc1)C(F)(F)F. The molecule has 1 aliphatic rings. The molecule has 4 aromatic carbocycles. The number of carbonyl (C=O) groups is 1. The molecule has 1 aliphatic heterocycles. The lowest BCUT2D eigenvalue weighted by Gasteiger charge is -2.45. The molecule has 5 rings (SSSR count). The summed E-state index contributed by atoms with van der Waals surface area (Å²) in [6.07, 6.45) is -11.2. The Morgan fingerprint density at radius 3 is 1.39 bits per heavy atom. The summed E-state index contributed by atoms with van der Waals surface area (Å²) in [7, 11) is 0. The van der Waals surface area contributed by atoms with Gasteiger partial charge in [-0.25, -0.2) is 4.79 Å². The van der Waals surface area contributed by atoms with Crippen LogP contribution in [-0.2, 0) is 59.6 Å². The molecule has 1 heterocycles. The predicted molar refractivity (Wildman–Crippen MR) is 162 cm³/mol. The van der Waals surface area contributed by atoms with Crippen molar-refractivity contribution >= 4 is 5.97 Å². The Morgan fingerprint density at radius 2 is 0.957 bits per heavy atom. The van der Waals surface area contributed by atoms with Gasteiger partial charge in [0.2, 0.25) is 6.29 Å². The summed E-state index contributed by atoms with van der Waals surface area (Å²) in [5.74, 6) is -2.40. The number of halogens is 3. The van der Waals surface area contributed by atoms with Crippen molar-refractivity contribution in [1.82, 2.24) is 0 Å². The fraction of sp³-hybridized carbons (Fsp3) is 0.306. The van der Waals surface area contributed by atoms with Gasteiger partial charge < -0.3 is 28.4 Å². The number of hydrogen-bond acceptors (Lipinski definition) is 7. The van der Waals surface area contributed by atoms with Gasteiger partial charge >= 0.3 is 12.1 Å². The molecule has 10 heteroatoms. The molecule has 4 aromatic rings. The highest BCUT2D eigenvalue weighted by Crippen LogP contribution is 2.33. The maximum absolute atomic E-state index is 13.5. The maximum Gasteiger partial charge on any atom is 0.491 e.